The molecule has 0 radical (unpaired) electrons. The fraction of sp³-hybridized carbons (Fsp3) is 0.100. The summed E-state index contributed by atoms with van der Waals surface area (Å²) >= 11 is 0. The van der Waals surface area contributed by atoms with Crippen molar-refractivity contribution in [1.82, 2.24) is 5.16 Å². The zero-order chi connectivity index (χ0) is 11.0. The largest absolute Gasteiger partial charge is 0.367 e. The van der Waals surface area contributed by atoms with E-state index in [2.05, 4.69) is 9.68 Å². The second-order valence-electron chi connectivity index (χ2n) is 3.14. The molecule has 1 aromatic carbocycles. The SMILES string of the molecule is Cc1c(-c2cc(F)ccc2F)noc1N. The monoisotopic (exact) mass is 210 g/mol. The van der Waals surface area contributed by atoms with Crippen LogP contribution in [0.25, 0.3) is 11.3 Å². The third kappa shape index (κ3) is 1.56. The number of anilines is 1. The standard InChI is InChI=1S/C10H8F2N2O/c1-5-9(14-15-10(5)13)7-4-6(11)2-3-8(7)12/h2-4H,13H2,1H3. The van der Waals surface area contributed by atoms with Gasteiger partial charge in [-0.2, -0.15) is 0 Å². The van der Waals surface area contributed by atoms with Crippen LogP contribution in [0.3, 0.4) is 0 Å². The molecule has 0 aliphatic carbocycles. The molecule has 0 saturated carbocycles. The van der Waals surface area contributed by atoms with Gasteiger partial charge in [-0.1, -0.05) is 5.16 Å². The van der Waals surface area contributed by atoms with E-state index in [9.17, 15) is 8.78 Å². The van der Waals surface area contributed by atoms with Crippen LogP contribution in [0.4, 0.5) is 14.7 Å². The summed E-state index contributed by atoms with van der Waals surface area (Å²) in [5.41, 5.74) is 6.20. The molecule has 1 aromatic heterocycles. The maximum atomic E-state index is 13.4. The van der Waals surface area contributed by atoms with E-state index >= 15 is 0 Å². The van der Waals surface area contributed by atoms with Crippen LogP contribution in [0.15, 0.2) is 22.7 Å². The highest BCUT2D eigenvalue weighted by Gasteiger charge is 2.15. The normalized spacial score (nSPS) is 10.6. The lowest BCUT2D eigenvalue weighted by molar-refractivity contribution is 0.438. The van der Waals surface area contributed by atoms with E-state index in [0.717, 1.165) is 18.2 Å². The smallest absolute Gasteiger partial charge is 0.225 e. The van der Waals surface area contributed by atoms with Gasteiger partial charge in [-0.05, 0) is 25.1 Å². The van der Waals surface area contributed by atoms with Crippen LogP contribution in [0, 0.1) is 18.6 Å². The molecular weight excluding hydrogens is 202 g/mol. The second-order valence-corrected chi connectivity index (χ2v) is 3.14. The van der Waals surface area contributed by atoms with Gasteiger partial charge in [0.25, 0.3) is 0 Å². The van der Waals surface area contributed by atoms with E-state index in [1.165, 1.54) is 0 Å². The first-order chi connectivity index (χ1) is 7.09. The number of hydrogen-bond acceptors (Lipinski definition) is 3. The first-order valence-electron chi connectivity index (χ1n) is 4.26. The number of aromatic nitrogens is 1. The molecule has 2 N–H and O–H groups in total. The average molecular weight is 210 g/mol. The molecule has 78 valence electrons. The van der Waals surface area contributed by atoms with Gasteiger partial charge in [0, 0.05) is 11.1 Å². The number of rotatable bonds is 1. The first-order valence-corrected chi connectivity index (χ1v) is 4.26. The fourth-order valence-electron chi connectivity index (χ4n) is 1.28. The summed E-state index contributed by atoms with van der Waals surface area (Å²) in [6.45, 7) is 1.63. The zero-order valence-corrected chi connectivity index (χ0v) is 7.92. The van der Waals surface area contributed by atoms with E-state index in [4.69, 9.17) is 5.73 Å². The molecular formula is C10H8F2N2O. The Bertz CT molecular complexity index is 508. The molecule has 0 spiro atoms. The van der Waals surface area contributed by atoms with Crippen molar-refractivity contribution in [3.8, 4) is 11.3 Å². The Morgan fingerprint density at radius 2 is 2.07 bits per heavy atom. The van der Waals surface area contributed by atoms with Crippen molar-refractivity contribution < 1.29 is 13.3 Å². The molecule has 0 aliphatic heterocycles. The summed E-state index contributed by atoms with van der Waals surface area (Å²) in [4.78, 5) is 0. The van der Waals surface area contributed by atoms with Gasteiger partial charge in [-0.15, -0.1) is 0 Å². The topological polar surface area (TPSA) is 52.0 Å². The van der Waals surface area contributed by atoms with Crippen molar-refractivity contribution in [3.63, 3.8) is 0 Å². The van der Waals surface area contributed by atoms with E-state index in [1.54, 1.807) is 6.92 Å². The maximum Gasteiger partial charge on any atom is 0.225 e. The zero-order valence-electron chi connectivity index (χ0n) is 7.92. The molecule has 0 bridgehead atoms. The molecule has 0 saturated heterocycles. The Kier molecular flexibility index (Phi) is 2.15. The van der Waals surface area contributed by atoms with Crippen molar-refractivity contribution in [2.75, 3.05) is 5.73 Å². The summed E-state index contributed by atoms with van der Waals surface area (Å²) in [5, 5.41) is 3.58. The number of hydrogen-bond donors (Lipinski definition) is 1. The molecule has 0 atom stereocenters. The quantitative estimate of drug-likeness (QED) is 0.786. The number of nitrogens with two attached hydrogens (primary N) is 1. The van der Waals surface area contributed by atoms with Gasteiger partial charge in [-0.25, -0.2) is 8.78 Å². The van der Waals surface area contributed by atoms with Crippen LogP contribution in [0.2, 0.25) is 0 Å². The predicted molar refractivity (Wildman–Crippen MR) is 51.0 cm³/mol. The first kappa shape index (κ1) is 9.64. The van der Waals surface area contributed by atoms with Gasteiger partial charge in [0.2, 0.25) is 5.88 Å². The second kappa shape index (κ2) is 3.34. The van der Waals surface area contributed by atoms with E-state index in [1.807, 2.05) is 0 Å². The molecule has 5 heteroatoms. The number of nitrogens with zero attached hydrogens (tertiary/aromatic N) is 1. The lowest BCUT2D eigenvalue weighted by Crippen LogP contribution is -1.89. The average Bonchev–Trinajstić information content (AvgIpc) is 2.52. The summed E-state index contributed by atoms with van der Waals surface area (Å²) in [6.07, 6.45) is 0. The summed E-state index contributed by atoms with van der Waals surface area (Å²) in [7, 11) is 0. The molecule has 1 heterocycles. The Balaban J connectivity index is 2.63. The molecule has 3 nitrogen and oxygen atoms in total. The van der Waals surface area contributed by atoms with Crippen LogP contribution < -0.4 is 5.73 Å². The van der Waals surface area contributed by atoms with E-state index < -0.39 is 11.6 Å². The molecule has 0 unspecified atom stereocenters. The molecule has 15 heavy (non-hydrogen) atoms. The minimum absolute atomic E-state index is 0.0490. The number of halogens is 2. The minimum Gasteiger partial charge on any atom is -0.367 e. The molecule has 2 rings (SSSR count). The number of benzene rings is 1. The van der Waals surface area contributed by atoms with Crippen LogP contribution in [-0.2, 0) is 0 Å². The van der Waals surface area contributed by atoms with Crippen molar-refractivity contribution >= 4 is 5.88 Å². The van der Waals surface area contributed by atoms with Crippen molar-refractivity contribution in [3.05, 3.63) is 35.4 Å². The Hall–Kier alpha value is -1.91. The maximum absolute atomic E-state index is 13.4. The van der Waals surface area contributed by atoms with E-state index in [0.29, 0.717) is 5.56 Å². The fourth-order valence-corrected chi connectivity index (χ4v) is 1.28. The molecule has 2 aromatic rings. The minimum atomic E-state index is -0.562. The Labute approximate surface area is 84.5 Å². The Morgan fingerprint density at radius 3 is 2.67 bits per heavy atom. The van der Waals surface area contributed by atoms with Gasteiger partial charge >= 0.3 is 0 Å². The predicted octanol–water partition coefficient (Wildman–Crippen LogP) is 2.51. The highest BCUT2D eigenvalue weighted by Crippen LogP contribution is 2.28. The molecule has 0 fully saturated rings. The van der Waals surface area contributed by atoms with Gasteiger partial charge in [0.05, 0.1) is 0 Å². The third-order valence-electron chi connectivity index (χ3n) is 2.14. The van der Waals surface area contributed by atoms with Crippen molar-refractivity contribution in [1.29, 1.82) is 0 Å². The molecule has 0 aliphatic rings. The van der Waals surface area contributed by atoms with Gasteiger partial charge in [-0.3, -0.25) is 0 Å². The highest BCUT2D eigenvalue weighted by molar-refractivity contribution is 5.66. The van der Waals surface area contributed by atoms with Gasteiger partial charge < -0.3 is 10.3 Å². The third-order valence-corrected chi connectivity index (χ3v) is 2.14. The summed E-state index contributed by atoms with van der Waals surface area (Å²) in [6, 6.07) is 3.13. The van der Waals surface area contributed by atoms with Crippen LogP contribution in [0.5, 0.6) is 0 Å². The lowest BCUT2D eigenvalue weighted by Gasteiger charge is -1.99. The van der Waals surface area contributed by atoms with Gasteiger partial charge in [0.1, 0.15) is 17.3 Å². The van der Waals surface area contributed by atoms with Crippen LogP contribution in [0.1, 0.15) is 5.56 Å². The van der Waals surface area contributed by atoms with Crippen molar-refractivity contribution in [2.45, 2.75) is 6.92 Å². The lowest BCUT2D eigenvalue weighted by atomic mass is 10.1. The van der Waals surface area contributed by atoms with Crippen LogP contribution in [-0.4, -0.2) is 5.16 Å². The van der Waals surface area contributed by atoms with Crippen molar-refractivity contribution in [2.24, 2.45) is 0 Å². The highest BCUT2D eigenvalue weighted by atomic mass is 19.1. The van der Waals surface area contributed by atoms with E-state index in [-0.39, 0.29) is 17.1 Å². The van der Waals surface area contributed by atoms with Gasteiger partial charge in [0.15, 0.2) is 0 Å². The van der Waals surface area contributed by atoms with Crippen LogP contribution >= 0.6 is 0 Å². The number of nitrogen functional groups attached to an aromatic ring is 1. The Morgan fingerprint density at radius 1 is 1.33 bits per heavy atom. The summed E-state index contributed by atoms with van der Waals surface area (Å²) in [5.74, 6) is -0.992. The molecule has 0 amide bonds. The summed E-state index contributed by atoms with van der Waals surface area (Å²) < 4.78 is 31.0.